The van der Waals surface area contributed by atoms with Crippen molar-refractivity contribution in [2.45, 2.75) is 25.2 Å². The average Bonchev–Trinajstić information content (AvgIpc) is 3.22. The molecule has 2 aliphatic heterocycles. The number of hydrogen-bond donors (Lipinski definition) is 0. The predicted octanol–water partition coefficient (Wildman–Crippen LogP) is 3.42. The van der Waals surface area contributed by atoms with Crippen molar-refractivity contribution in [2.24, 2.45) is 0 Å². The normalized spacial score (nSPS) is 18.2. The van der Waals surface area contributed by atoms with Gasteiger partial charge in [0, 0.05) is 36.4 Å². The molecule has 23 heavy (non-hydrogen) atoms. The number of aromatic nitrogens is 1. The van der Waals surface area contributed by atoms with Crippen molar-refractivity contribution in [1.82, 2.24) is 4.98 Å². The number of benzene rings is 1. The van der Waals surface area contributed by atoms with E-state index in [-0.39, 0.29) is 11.8 Å². The number of ether oxygens (including phenoxy) is 1. The van der Waals surface area contributed by atoms with Crippen LogP contribution in [0.2, 0.25) is 5.02 Å². The van der Waals surface area contributed by atoms with Gasteiger partial charge >= 0.3 is 0 Å². The van der Waals surface area contributed by atoms with E-state index in [1.807, 2.05) is 18.2 Å². The average molecular weight is 333 g/mol. The Bertz CT molecular complexity index is 737. The minimum atomic E-state index is -0.117. The van der Waals surface area contributed by atoms with Crippen molar-refractivity contribution >= 4 is 23.2 Å². The predicted molar refractivity (Wildman–Crippen MR) is 86.1 cm³/mol. The third kappa shape index (κ3) is 2.75. The summed E-state index contributed by atoms with van der Waals surface area (Å²) in [7, 11) is 0. The Labute approximate surface area is 139 Å². The van der Waals surface area contributed by atoms with Crippen LogP contribution in [0.3, 0.4) is 0 Å². The minimum Gasteiger partial charge on any atom is -0.448 e. The maximum atomic E-state index is 12.7. The third-order valence-electron chi connectivity index (χ3n) is 4.49. The summed E-state index contributed by atoms with van der Waals surface area (Å²) in [5.41, 5.74) is 2.38. The molecule has 0 saturated carbocycles. The molecule has 3 heterocycles. The summed E-state index contributed by atoms with van der Waals surface area (Å²) in [4.78, 5) is 18.9. The van der Waals surface area contributed by atoms with Crippen LogP contribution in [0.25, 0.3) is 0 Å². The van der Waals surface area contributed by atoms with E-state index in [0.29, 0.717) is 23.2 Å². The highest BCUT2D eigenvalue weighted by Crippen LogP contribution is 2.32. The van der Waals surface area contributed by atoms with Crippen LogP contribution in [-0.2, 0) is 11.2 Å². The number of amides is 1. The zero-order valence-electron chi connectivity index (χ0n) is 12.6. The highest BCUT2D eigenvalue weighted by atomic mass is 35.5. The SMILES string of the molecule is O=C(c1coc(C2CCOCC2)n1)N1CCc2cc(Cl)ccc21. The van der Waals surface area contributed by atoms with Crippen molar-refractivity contribution in [3.05, 3.63) is 46.6 Å². The molecule has 4 rings (SSSR count). The van der Waals surface area contributed by atoms with Gasteiger partial charge in [-0.05, 0) is 43.0 Å². The largest absolute Gasteiger partial charge is 0.448 e. The van der Waals surface area contributed by atoms with Crippen LogP contribution in [0.5, 0.6) is 0 Å². The Morgan fingerprint density at radius 1 is 1.30 bits per heavy atom. The zero-order valence-corrected chi connectivity index (χ0v) is 13.4. The molecule has 1 aromatic heterocycles. The van der Waals surface area contributed by atoms with Gasteiger partial charge in [0.2, 0.25) is 0 Å². The first-order valence-corrected chi connectivity index (χ1v) is 8.23. The lowest BCUT2D eigenvalue weighted by atomic mass is 10.0. The summed E-state index contributed by atoms with van der Waals surface area (Å²) in [6.07, 6.45) is 4.06. The number of hydrogen-bond acceptors (Lipinski definition) is 4. The summed E-state index contributed by atoms with van der Waals surface area (Å²) in [5, 5.41) is 0.696. The van der Waals surface area contributed by atoms with Crippen LogP contribution in [0.4, 0.5) is 5.69 Å². The molecule has 0 aliphatic carbocycles. The van der Waals surface area contributed by atoms with Crippen molar-refractivity contribution in [3.8, 4) is 0 Å². The standard InChI is InChI=1S/C17H17ClN2O3/c18-13-1-2-15-12(9-13)3-6-20(15)17(21)14-10-23-16(19-14)11-4-7-22-8-5-11/h1-2,9-11H,3-8H2. The fraction of sp³-hybridized carbons (Fsp3) is 0.412. The first kappa shape index (κ1) is 14.7. The molecule has 5 nitrogen and oxygen atoms in total. The number of carbonyl (C=O) groups is 1. The molecule has 120 valence electrons. The Kier molecular flexibility index (Phi) is 3.83. The Morgan fingerprint density at radius 3 is 2.96 bits per heavy atom. The highest BCUT2D eigenvalue weighted by Gasteiger charge is 2.29. The fourth-order valence-electron chi connectivity index (χ4n) is 3.24. The summed E-state index contributed by atoms with van der Waals surface area (Å²) in [6, 6.07) is 5.62. The van der Waals surface area contributed by atoms with Crippen LogP contribution in [0.15, 0.2) is 28.9 Å². The maximum absolute atomic E-state index is 12.7. The molecule has 2 aromatic rings. The van der Waals surface area contributed by atoms with Gasteiger partial charge in [0.1, 0.15) is 6.26 Å². The first-order chi connectivity index (χ1) is 11.2. The molecule has 1 fully saturated rings. The van der Waals surface area contributed by atoms with E-state index in [4.69, 9.17) is 20.8 Å². The Balaban J connectivity index is 1.55. The Hall–Kier alpha value is -1.85. The smallest absolute Gasteiger partial charge is 0.280 e. The minimum absolute atomic E-state index is 0.117. The van der Waals surface area contributed by atoms with Crippen LogP contribution in [-0.4, -0.2) is 30.6 Å². The van der Waals surface area contributed by atoms with E-state index in [0.717, 1.165) is 43.7 Å². The number of nitrogens with zero attached hydrogens (tertiary/aromatic N) is 2. The van der Waals surface area contributed by atoms with Crippen molar-refractivity contribution in [3.63, 3.8) is 0 Å². The number of anilines is 1. The van der Waals surface area contributed by atoms with Crippen LogP contribution in [0, 0.1) is 0 Å². The number of halogens is 1. The molecule has 0 N–H and O–H groups in total. The fourth-order valence-corrected chi connectivity index (χ4v) is 3.43. The number of rotatable bonds is 2. The molecular formula is C17H17ClN2O3. The van der Waals surface area contributed by atoms with Crippen LogP contribution < -0.4 is 4.90 Å². The van der Waals surface area contributed by atoms with Gasteiger partial charge in [0.25, 0.3) is 5.91 Å². The molecule has 0 unspecified atom stereocenters. The second-order valence-electron chi connectivity index (χ2n) is 5.94. The van der Waals surface area contributed by atoms with Gasteiger partial charge in [-0.2, -0.15) is 0 Å². The summed E-state index contributed by atoms with van der Waals surface area (Å²) in [5.74, 6) is 0.773. The monoisotopic (exact) mass is 332 g/mol. The molecule has 6 heteroatoms. The molecule has 0 spiro atoms. The van der Waals surface area contributed by atoms with E-state index in [1.165, 1.54) is 6.26 Å². The summed E-state index contributed by atoms with van der Waals surface area (Å²) < 4.78 is 10.9. The van der Waals surface area contributed by atoms with Gasteiger partial charge in [-0.3, -0.25) is 4.79 Å². The van der Waals surface area contributed by atoms with E-state index in [9.17, 15) is 4.79 Å². The van der Waals surface area contributed by atoms with Crippen molar-refractivity contribution in [2.75, 3.05) is 24.7 Å². The van der Waals surface area contributed by atoms with Crippen LogP contribution >= 0.6 is 11.6 Å². The van der Waals surface area contributed by atoms with Crippen molar-refractivity contribution < 1.29 is 13.9 Å². The van der Waals surface area contributed by atoms with Crippen molar-refractivity contribution in [1.29, 1.82) is 0 Å². The quantitative estimate of drug-likeness (QED) is 0.845. The topological polar surface area (TPSA) is 55.6 Å². The van der Waals surface area contributed by atoms with Gasteiger partial charge in [0.15, 0.2) is 11.6 Å². The molecular weight excluding hydrogens is 316 g/mol. The lowest BCUT2D eigenvalue weighted by Crippen LogP contribution is -2.29. The second kappa shape index (κ2) is 5.98. The molecule has 1 aromatic carbocycles. The maximum Gasteiger partial charge on any atom is 0.280 e. The molecule has 0 atom stereocenters. The number of oxazole rings is 1. The third-order valence-corrected chi connectivity index (χ3v) is 4.73. The van der Waals surface area contributed by atoms with E-state index >= 15 is 0 Å². The molecule has 0 radical (unpaired) electrons. The highest BCUT2D eigenvalue weighted by molar-refractivity contribution is 6.30. The number of fused-ring (bicyclic) bond motifs is 1. The van der Waals surface area contributed by atoms with Gasteiger partial charge in [-0.15, -0.1) is 0 Å². The summed E-state index contributed by atoms with van der Waals surface area (Å²) in [6.45, 7) is 2.08. The van der Waals surface area contributed by atoms with Crippen LogP contribution in [0.1, 0.15) is 40.7 Å². The molecule has 2 aliphatic rings. The molecule has 1 amide bonds. The van der Waals surface area contributed by atoms with Gasteiger partial charge in [-0.1, -0.05) is 11.6 Å². The molecule has 1 saturated heterocycles. The van der Waals surface area contributed by atoms with E-state index in [2.05, 4.69) is 4.98 Å². The molecule has 0 bridgehead atoms. The lowest BCUT2D eigenvalue weighted by molar-refractivity contribution is 0.0794. The second-order valence-corrected chi connectivity index (χ2v) is 6.37. The van der Waals surface area contributed by atoms with Gasteiger partial charge in [-0.25, -0.2) is 4.98 Å². The Morgan fingerprint density at radius 2 is 2.13 bits per heavy atom. The first-order valence-electron chi connectivity index (χ1n) is 7.86. The van der Waals surface area contributed by atoms with Gasteiger partial charge in [0.05, 0.1) is 0 Å². The van der Waals surface area contributed by atoms with Gasteiger partial charge < -0.3 is 14.1 Å². The van der Waals surface area contributed by atoms with E-state index < -0.39 is 0 Å². The summed E-state index contributed by atoms with van der Waals surface area (Å²) >= 11 is 6.02. The number of carbonyl (C=O) groups excluding carboxylic acids is 1. The lowest BCUT2D eigenvalue weighted by Gasteiger charge is -2.18. The zero-order chi connectivity index (χ0) is 15.8. The van der Waals surface area contributed by atoms with E-state index in [1.54, 1.807) is 4.90 Å².